The van der Waals surface area contributed by atoms with Gasteiger partial charge >= 0.3 is 0 Å². The summed E-state index contributed by atoms with van der Waals surface area (Å²) in [6.45, 7) is 2.41. The molecular weight excluding hydrogens is 254 g/mol. The summed E-state index contributed by atoms with van der Waals surface area (Å²) in [5.74, 6) is 0.790. The monoisotopic (exact) mass is 277 g/mol. The molecule has 2 unspecified atom stereocenters. The fraction of sp³-hybridized carbons (Fsp3) is 0.400. The maximum Gasteiger partial charge on any atom is 0.0591 e. The van der Waals surface area contributed by atoms with Crippen LogP contribution in [-0.4, -0.2) is 6.04 Å². The van der Waals surface area contributed by atoms with Crippen LogP contribution in [0.3, 0.4) is 0 Å². The number of fused-ring (bicyclic) bond motifs is 3. The van der Waals surface area contributed by atoms with Gasteiger partial charge in [-0.3, -0.25) is 0 Å². The van der Waals surface area contributed by atoms with E-state index in [0.717, 1.165) is 5.92 Å². The Morgan fingerprint density at radius 1 is 0.810 bits per heavy atom. The van der Waals surface area contributed by atoms with Gasteiger partial charge in [-0.15, -0.1) is 0 Å². The van der Waals surface area contributed by atoms with Gasteiger partial charge in [-0.1, -0.05) is 68.3 Å². The van der Waals surface area contributed by atoms with Crippen molar-refractivity contribution in [2.45, 2.75) is 44.7 Å². The van der Waals surface area contributed by atoms with Crippen LogP contribution in [0.1, 0.15) is 49.8 Å². The van der Waals surface area contributed by atoms with Crippen LogP contribution < -0.4 is 5.32 Å². The van der Waals surface area contributed by atoms with E-state index in [1.54, 1.807) is 0 Å². The zero-order valence-corrected chi connectivity index (χ0v) is 12.7. The lowest BCUT2D eigenvalue weighted by atomic mass is 9.85. The second kappa shape index (κ2) is 5.31. The Morgan fingerprint density at radius 3 is 2.00 bits per heavy atom. The number of hydrogen-bond acceptors (Lipinski definition) is 1. The predicted octanol–water partition coefficient (Wildman–Crippen LogP) is 4.92. The number of hydrogen-bond donors (Lipinski definition) is 1. The molecule has 0 heterocycles. The molecule has 2 atom stereocenters. The lowest BCUT2D eigenvalue weighted by molar-refractivity contribution is 0.269. The van der Waals surface area contributed by atoms with Crippen molar-refractivity contribution in [2.24, 2.45) is 5.92 Å². The van der Waals surface area contributed by atoms with Crippen molar-refractivity contribution in [1.29, 1.82) is 0 Å². The summed E-state index contributed by atoms with van der Waals surface area (Å²) in [6.07, 6.45) is 5.46. The molecule has 0 radical (unpaired) electrons. The Labute approximate surface area is 127 Å². The molecule has 1 N–H and O–H groups in total. The third-order valence-electron chi connectivity index (χ3n) is 5.33. The van der Waals surface area contributed by atoms with Crippen molar-refractivity contribution in [3.8, 4) is 11.1 Å². The first kappa shape index (κ1) is 13.1. The molecular formula is C20H23N. The Kier molecular flexibility index (Phi) is 3.31. The van der Waals surface area contributed by atoms with Crippen LogP contribution in [0.4, 0.5) is 0 Å². The standard InChI is InChI=1S/C20H23N/c1-14-8-2-7-13-19(14)21-20-17-11-5-3-9-15(17)16-10-4-6-12-18(16)20/h3-6,9-12,14,19-21H,2,7-8,13H2,1H3. The van der Waals surface area contributed by atoms with E-state index in [0.29, 0.717) is 12.1 Å². The van der Waals surface area contributed by atoms with Gasteiger partial charge in [-0.05, 0) is 41.0 Å². The number of nitrogens with one attached hydrogen (secondary N) is 1. The van der Waals surface area contributed by atoms with Crippen LogP contribution >= 0.6 is 0 Å². The molecule has 0 aromatic heterocycles. The van der Waals surface area contributed by atoms with E-state index in [-0.39, 0.29) is 0 Å². The highest BCUT2D eigenvalue weighted by molar-refractivity contribution is 5.78. The molecule has 2 aromatic carbocycles. The van der Waals surface area contributed by atoms with Gasteiger partial charge in [0.25, 0.3) is 0 Å². The van der Waals surface area contributed by atoms with Gasteiger partial charge in [-0.25, -0.2) is 0 Å². The van der Waals surface area contributed by atoms with E-state index in [2.05, 4.69) is 60.8 Å². The number of benzene rings is 2. The average Bonchev–Trinajstić information content (AvgIpc) is 2.85. The Bertz CT molecular complexity index is 600. The second-order valence-corrected chi connectivity index (χ2v) is 6.64. The van der Waals surface area contributed by atoms with E-state index in [1.165, 1.54) is 47.9 Å². The Balaban J connectivity index is 1.71. The molecule has 2 aliphatic carbocycles. The van der Waals surface area contributed by atoms with Gasteiger partial charge in [0.1, 0.15) is 0 Å². The largest absolute Gasteiger partial charge is 0.303 e. The summed E-state index contributed by atoms with van der Waals surface area (Å²) in [5.41, 5.74) is 5.73. The highest BCUT2D eigenvalue weighted by Crippen LogP contribution is 2.44. The van der Waals surface area contributed by atoms with Gasteiger partial charge in [0.05, 0.1) is 6.04 Å². The molecule has 2 aromatic rings. The second-order valence-electron chi connectivity index (χ2n) is 6.64. The molecule has 4 rings (SSSR count). The van der Waals surface area contributed by atoms with Crippen molar-refractivity contribution in [1.82, 2.24) is 5.32 Å². The highest BCUT2D eigenvalue weighted by atomic mass is 15.0. The van der Waals surface area contributed by atoms with Crippen LogP contribution in [0.2, 0.25) is 0 Å². The quantitative estimate of drug-likeness (QED) is 0.821. The zero-order chi connectivity index (χ0) is 14.2. The minimum Gasteiger partial charge on any atom is -0.303 e. The minimum absolute atomic E-state index is 0.378. The van der Waals surface area contributed by atoms with Crippen molar-refractivity contribution < 1.29 is 0 Å². The predicted molar refractivity (Wildman–Crippen MR) is 88.3 cm³/mol. The maximum atomic E-state index is 3.98. The van der Waals surface area contributed by atoms with Gasteiger partial charge in [-0.2, -0.15) is 0 Å². The smallest absolute Gasteiger partial charge is 0.0591 e. The molecule has 0 amide bonds. The SMILES string of the molecule is CC1CCCCC1NC1c2ccccc2-c2ccccc21. The van der Waals surface area contributed by atoms with Gasteiger partial charge in [0.15, 0.2) is 0 Å². The van der Waals surface area contributed by atoms with Crippen molar-refractivity contribution in [3.05, 3.63) is 59.7 Å². The molecule has 21 heavy (non-hydrogen) atoms. The first-order valence-electron chi connectivity index (χ1n) is 8.29. The minimum atomic E-state index is 0.378. The van der Waals surface area contributed by atoms with Crippen LogP contribution in [-0.2, 0) is 0 Å². The lowest BCUT2D eigenvalue weighted by Gasteiger charge is -2.32. The molecule has 0 saturated heterocycles. The third-order valence-corrected chi connectivity index (χ3v) is 5.33. The van der Waals surface area contributed by atoms with E-state index in [1.807, 2.05) is 0 Å². The Morgan fingerprint density at radius 2 is 1.38 bits per heavy atom. The molecule has 1 nitrogen and oxygen atoms in total. The summed E-state index contributed by atoms with van der Waals surface area (Å²) in [4.78, 5) is 0. The summed E-state index contributed by atoms with van der Waals surface area (Å²) in [6, 6.07) is 18.8. The third kappa shape index (κ3) is 2.20. The topological polar surface area (TPSA) is 12.0 Å². The summed E-state index contributed by atoms with van der Waals surface area (Å²) in [7, 11) is 0. The number of rotatable bonds is 2. The molecule has 2 aliphatic rings. The van der Waals surface area contributed by atoms with E-state index in [4.69, 9.17) is 0 Å². The summed E-state index contributed by atoms with van der Waals surface area (Å²) < 4.78 is 0. The first-order valence-corrected chi connectivity index (χ1v) is 8.29. The van der Waals surface area contributed by atoms with Gasteiger partial charge in [0, 0.05) is 6.04 Å². The van der Waals surface area contributed by atoms with Crippen LogP contribution in [0.25, 0.3) is 11.1 Å². The summed E-state index contributed by atoms with van der Waals surface area (Å²) in [5, 5.41) is 3.98. The van der Waals surface area contributed by atoms with Crippen molar-refractivity contribution in [2.75, 3.05) is 0 Å². The maximum absolute atomic E-state index is 3.98. The molecule has 108 valence electrons. The van der Waals surface area contributed by atoms with Gasteiger partial charge in [0.2, 0.25) is 0 Å². The van der Waals surface area contributed by atoms with E-state index in [9.17, 15) is 0 Å². The van der Waals surface area contributed by atoms with E-state index < -0.39 is 0 Å². The van der Waals surface area contributed by atoms with Crippen molar-refractivity contribution in [3.63, 3.8) is 0 Å². The van der Waals surface area contributed by atoms with Crippen LogP contribution in [0.5, 0.6) is 0 Å². The normalized spacial score (nSPS) is 24.6. The van der Waals surface area contributed by atoms with Crippen LogP contribution in [0, 0.1) is 5.92 Å². The molecule has 1 saturated carbocycles. The molecule has 0 spiro atoms. The zero-order valence-electron chi connectivity index (χ0n) is 12.7. The lowest BCUT2D eigenvalue weighted by Crippen LogP contribution is -2.39. The average molecular weight is 277 g/mol. The molecule has 0 bridgehead atoms. The molecule has 1 fully saturated rings. The highest BCUT2D eigenvalue weighted by Gasteiger charge is 2.31. The fourth-order valence-electron chi connectivity index (χ4n) is 4.11. The first-order chi connectivity index (χ1) is 10.3. The van der Waals surface area contributed by atoms with Crippen molar-refractivity contribution >= 4 is 0 Å². The molecule has 1 heteroatoms. The summed E-state index contributed by atoms with van der Waals surface area (Å²) >= 11 is 0. The molecule has 0 aliphatic heterocycles. The Hall–Kier alpha value is -1.60. The van der Waals surface area contributed by atoms with Gasteiger partial charge < -0.3 is 5.32 Å². The van der Waals surface area contributed by atoms with Crippen LogP contribution in [0.15, 0.2) is 48.5 Å². The fourth-order valence-corrected chi connectivity index (χ4v) is 4.11. The van der Waals surface area contributed by atoms with E-state index >= 15 is 0 Å².